The highest BCUT2D eigenvalue weighted by Gasteiger charge is 2.25. The number of aryl methyl sites for hydroxylation is 1. The lowest BCUT2D eigenvalue weighted by molar-refractivity contribution is -0.141. The molecule has 92 valence electrons. The molecular weight excluding hydrogens is 214 g/mol. The molecule has 17 heavy (non-hydrogen) atoms. The monoisotopic (exact) mass is 233 g/mol. The summed E-state index contributed by atoms with van der Waals surface area (Å²) < 4.78 is 0. The smallest absolute Gasteiger partial charge is 0.308 e. The first-order chi connectivity index (χ1) is 8.20. The van der Waals surface area contributed by atoms with Crippen molar-refractivity contribution in [1.29, 1.82) is 0 Å². The Morgan fingerprint density at radius 3 is 2.71 bits per heavy atom. The van der Waals surface area contributed by atoms with E-state index in [0.29, 0.717) is 6.54 Å². The lowest BCUT2D eigenvalue weighted by atomic mass is 9.97. The Morgan fingerprint density at radius 1 is 1.41 bits per heavy atom. The largest absolute Gasteiger partial charge is 0.481 e. The van der Waals surface area contributed by atoms with Crippen LogP contribution in [0.4, 0.5) is 5.69 Å². The zero-order chi connectivity index (χ0) is 12.3. The third kappa shape index (κ3) is 2.78. The summed E-state index contributed by atoms with van der Waals surface area (Å²) in [7, 11) is 0. The van der Waals surface area contributed by atoms with Crippen LogP contribution in [-0.4, -0.2) is 24.2 Å². The Hall–Kier alpha value is -1.51. The quantitative estimate of drug-likeness (QED) is 0.872. The second-order valence-corrected chi connectivity index (χ2v) is 4.64. The van der Waals surface area contributed by atoms with Gasteiger partial charge in [-0.15, -0.1) is 0 Å². The van der Waals surface area contributed by atoms with E-state index in [2.05, 4.69) is 36.1 Å². The topological polar surface area (TPSA) is 40.5 Å². The van der Waals surface area contributed by atoms with E-state index in [4.69, 9.17) is 5.11 Å². The number of carbonyl (C=O) groups is 1. The van der Waals surface area contributed by atoms with Crippen molar-refractivity contribution in [2.45, 2.75) is 26.2 Å². The molecule has 0 aliphatic carbocycles. The van der Waals surface area contributed by atoms with Crippen molar-refractivity contribution < 1.29 is 9.90 Å². The van der Waals surface area contributed by atoms with Gasteiger partial charge in [0.05, 0.1) is 5.92 Å². The molecule has 1 atom stereocenters. The molecule has 1 saturated heterocycles. The number of piperidine rings is 1. The van der Waals surface area contributed by atoms with Crippen molar-refractivity contribution in [1.82, 2.24) is 0 Å². The van der Waals surface area contributed by atoms with Gasteiger partial charge < -0.3 is 10.0 Å². The summed E-state index contributed by atoms with van der Waals surface area (Å²) in [6.45, 7) is 3.74. The Kier molecular flexibility index (Phi) is 3.67. The van der Waals surface area contributed by atoms with Gasteiger partial charge in [-0.2, -0.15) is 0 Å². The van der Waals surface area contributed by atoms with Gasteiger partial charge in [0.25, 0.3) is 0 Å². The molecule has 0 amide bonds. The van der Waals surface area contributed by atoms with Crippen molar-refractivity contribution in [2.24, 2.45) is 5.92 Å². The zero-order valence-electron chi connectivity index (χ0n) is 10.2. The molecule has 1 aromatic rings. The van der Waals surface area contributed by atoms with Gasteiger partial charge in [0, 0.05) is 18.8 Å². The van der Waals surface area contributed by atoms with Crippen LogP contribution in [0.15, 0.2) is 24.3 Å². The first-order valence-corrected chi connectivity index (χ1v) is 6.27. The standard InChI is InChI=1S/C14H19NO2/c1-2-11-5-7-13(8-6-11)15-9-3-4-12(10-15)14(16)17/h5-8,12H,2-4,9-10H2,1H3,(H,16,17). The second-order valence-electron chi connectivity index (χ2n) is 4.64. The molecule has 0 aromatic heterocycles. The van der Waals surface area contributed by atoms with Crippen LogP contribution in [0, 0.1) is 5.92 Å². The highest BCUT2D eigenvalue weighted by Crippen LogP contribution is 2.23. The summed E-state index contributed by atoms with van der Waals surface area (Å²) in [5.74, 6) is -0.880. The number of nitrogens with zero attached hydrogens (tertiary/aromatic N) is 1. The van der Waals surface area contributed by atoms with Gasteiger partial charge in [-0.3, -0.25) is 4.79 Å². The molecule has 0 saturated carbocycles. The van der Waals surface area contributed by atoms with Gasteiger partial charge >= 0.3 is 5.97 Å². The highest BCUT2D eigenvalue weighted by molar-refractivity contribution is 5.71. The van der Waals surface area contributed by atoms with Gasteiger partial charge in [0.15, 0.2) is 0 Å². The van der Waals surface area contributed by atoms with E-state index >= 15 is 0 Å². The average Bonchev–Trinajstić information content (AvgIpc) is 2.39. The molecule has 1 fully saturated rings. The van der Waals surface area contributed by atoms with Gasteiger partial charge in [0.2, 0.25) is 0 Å². The van der Waals surface area contributed by atoms with Gasteiger partial charge in [-0.25, -0.2) is 0 Å². The maximum Gasteiger partial charge on any atom is 0.308 e. The van der Waals surface area contributed by atoms with Crippen molar-refractivity contribution in [3.05, 3.63) is 29.8 Å². The number of carboxylic acid groups (broad SMARTS) is 1. The maximum absolute atomic E-state index is 11.0. The lowest BCUT2D eigenvalue weighted by Gasteiger charge is -2.32. The predicted molar refractivity (Wildman–Crippen MR) is 68.4 cm³/mol. The van der Waals surface area contributed by atoms with Crippen LogP contribution < -0.4 is 4.90 Å². The van der Waals surface area contributed by atoms with Crippen molar-refractivity contribution in [3.8, 4) is 0 Å². The molecule has 0 spiro atoms. The Labute approximate surface area is 102 Å². The number of rotatable bonds is 3. The number of aliphatic carboxylic acids is 1. The van der Waals surface area contributed by atoms with Crippen LogP contribution in [0.2, 0.25) is 0 Å². The summed E-state index contributed by atoms with van der Waals surface area (Å²) in [5, 5.41) is 9.06. The molecule has 0 radical (unpaired) electrons. The number of benzene rings is 1. The Morgan fingerprint density at radius 2 is 2.12 bits per heavy atom. The summed E-state index contributed by atoms with van der Waals surface area (Å²) in [6.07, 6.45) is 2.81. The SMILES string of the molecule is CCc1ccc(N2CCCC(C(=O)O)C2)cc1. The molecule has 0 bridgehead atoms. The predicted octanol–water partition coefficient (Wildman–Crippen LogP) is 2.55. The molecule has 1 N–H and O–H groups in total. The van der Waals surface area contributed by atoms with E-state index in [1.807, 2.05) is 0 Å². The molecule has 2 rings (SSSR count). The molecule has 1 aliphatic heterocycles. The molecule has 1 aliphatic rings. The summed E-state index contributed by atoms with van der Waals surface area (Å²) in [6, 6.07) is 8.45. The van der Waals surface area contributed by atoms with Crippen LogP contribution in [0.5, 0.6) is 0 Å². The number of hydrogen-bond donors (Lipinski definition) is 1. The Balaban J connectivity index is 2.08. The summed E-state index contributed by atoms with van der Waals surface area (Å²) in [5.41, 5.74) is 2.47. The minimum Gasteiger partial charge on any atom is -0.481 e. The minimum atomic E-state index is -0.667. The summed E-state index contributed by atoms with van der Waals surface area (Å²) >= 11 is 0. The third-order valence-corrected chi connectivity index (χ3v) is 3.48. The number of carboxylic acids is 1. The third-order valence-electron chi connectivity index (χ3n) is 3.48. The zero-order valence-corrected chi connectivity index (χ0v) is 10.2. The first kappa shape index (κ1) is 12.0. The van der Waals surface area contributed by atoms with E-state index in [1.54, 1.807) is 0 Å². The molecule has 1 heterocycles. The van der Waals surface area contributed by atoms with E-state index in [-0.39, 0.29) is 5.92 Å². The van der Waals surface area contributed by atoms with E-state index in [9.17, 15) is 4.79 Å². The molecule has 3 heteroatoms. The van der Waals surface area contributed by atoms with E-state index in [1.165, 1.54) is 5.56 Å². The molecule has 3 nitrogen and oxygen atoms in total. The average molecular weight is 233 g/mol. The van der Waals surface area contributed by atoms with Gasteiger partial charge in [-0.1, -0.05) is 19.1 Å². The van der Waals surface area contributed by atoms with Crippen LogP contribution in [0.1, 0.15) is 25.3 Å². The van der Waals surface area contributed by atoms with E-state index < -0.39 is 5.97 Å². The lowest BCUT2D eigenvalue weighted by Crippen LogP contribution is -2.38. The molecular formula is C14H19NO2. The van der Waals surface area contributed by atoms with Crippen LogP contribution in [-0.2, 0) is 11.2 Å². The van der Waals surface area contributed by atoms with Gasteiger partial charge in [0.1, 0.15) is 0 Å². The number of hydrogen-bond acceptors (Lipinski definition) is 2. The maximum atomic E-state index is 11.0. The first-order valence-electron chi connectivity index (χ1n) is 6.27. The fourth-order valence-electron chi connectivity index (χ4n) is 2.36. The van der Waals surface area contributed by atoms with Crippen LogP contribution in [0.3, 0.4) is 0 Å². The second kappa shape index (κ2) is 5.21. The Bertz CT molecular complexity index is 386. The summed E-state index contributed by atoms with van der Waals surface area (Å²) in [4.78, 5) is 13.2. The molecule has 1 unspecified atom stereocenters. The highest BCUT2D eigenvalue weighted by atomic mass is 16.4. The fraction of sp³-hybridized carbons (Fsp3) is 0.500. The van der Waals surface area contributed by atoms with Crippen LogP contribution >= 0.6 is 0 Å². The van der Waals surface area contributed by atoms with Crippen molar-refractivity contribution in [3.63, 3.8) is 0 Å². The molecule has 1 aromatic carbocycles. The van der Waals surface area contributed by atoms with E-state index in [0.717, 1.165) is 31.5 Å². The number of anilines is 1. The fourth-order valence-corrected chi connectivity index (χ4v) is 2.36. The normalized spacial score (nSPS) is 20.3. The van der Waals surface area contributed by atoms with Crippen molar-refractivity contribution >= 4 is 11.7 Å². The minimum absolute atomic E-state index is 0.213. The van der Waals surface area contributed by atoms with Crippen molar-refractivity contribution in [2.75, 3.05) is 18.0 Å². The van der Waals surface area contributed by atoms with Gasteiger partial charge in [-0.05, 0) is 37.0 Å². The van der Waals surface area contributed by atoms with Crippen LogP contribution in [0.25, 0.3) is 0 Å².